The maximum Gasteiger partial charge on any atom is 0.0593 e. The second-order valence-corrected chi connectivity index (χ2v) is 6.32. The van der Waals surface area contributed by atoms with Gasteiger partial charge < -0.3 is 5.32 Å². The minimum Gasteiger partial charge on any atom is -0.309 e. The molecule has 0 bridgehead atoms. The number of hydrogen-bond donors (Lipinski definition) is 1. The van der Waals surface area contributed by atoms with Gasteiger partial charge >= 0.3 is 0 Å². The summed E-state index contributed by atoms with van der Waals surface area (Å²) < 4.78 is 1.18. The Balaban J connectivity index is 2.31. The molecule has 2 aromatic rings. The fourth-order valence-corrected chi connectivity index (χ4v) is 3.62. The normalized spacial score (nSPS) is 12.9. The van der Waals surface area contributed by atoms with Crippen molar-refractivity contribution < 1.29 is 0 Å². The van der Waals surface area contributed by atoms with Crippen molar-refractivity contribution in [1.29, 1.82) is 0 Å². The minimum absolute atomic E-state index is 0.256. The molecule has 0 saturated heterocycles. The first-order chi connectivity index (χ1) is 8.63. The minimum atomic E-state index is 0.256. The van der Waals surface area contributed by atoms with Gasteiger partial charge in [-0.25, -0.2) is 0 Å². The van der Waals surface area contributed by atoms with Crippen molar-refractivity contribution in [3.63, 3.8) is 0 Å². The van der Waals surface area contributed by atoms with Crippen LogP contribution in [-0.2, 0) is 0 Å². The predicted molar refractivity (Wildman–Crippen MR) is 83.5 cm³/mol. The van der Waals surface area contributed by atoms with Crippen molar-refractivity contribution in [2.24, 2.45) is 0 Å². The first kappa shape index (κ1) is 13.8. The highest BCUT2D eigenvalue weighted by Crippen LogP contribution is 2.31. The van der Waals surface area contributed by atoms with Crippen LogP contribution in [0.4, 0.5) is 0 Å². The summed E-state index contributed by atoms with van der Waals surface area (Å²) in [4.78, 5) is 0. The van der Waals surface area contributed by atoms with Crippen molar-refractivity contribution in [2.45, 2.75) is 25.8 Å². The van der Waals surface area contributed by atoms with E-state index in [-0.39, 0.29) is 6.04 Å². The summed E-state index contributed by atoms with van der Waals surface area (Å²) in [7, 11) is 2.01. The third-order valence-corrected chi connectivity index (χ3v) is 4.93. The van der Waals surface area contributed by atoms with Gasteiger partial charge in [0, 0.05) is 9.85 Å². The Bertz CT molecular complexity index is 501. The summed E-state index contributed by atoms with van der Waals surface area (Å²) in [5, 5.41) is 7.71. The lowest BCUT2D eigenvalue weighted by molar-refractivity contribution is 0.690. The Hall–Kier alpha value is -0.640. The van der Waals surface area contributed by atoms with Crippen LogP contribution < -0.4 is 5.32 Å². The SMILES string of the molecule is CNC(c1ccc(C(C)C)cc1)c1cscc1Br. The molecule has 1 N–H and O–H groups in total. The second-order valence-electron chi connectivity index (χ2n) is 4.72. The highest BCUT2D eigenvalue weighted by atomic mass is 79.9. The molecule has 18 heavy (non-hydrogen) atoms. The summed E-state index contributed by atoms with van der Waals surface area (Å²) in [5.41, 5.74) is 4.00. The Morgan fingerprint density at radius 3 is 2.11 bits per heavy atom. The van der Waals surface area contributed by atoms with Gasteiger partial charge in [-0.15, -0.1) is 0 Å². The summed E-state index contributed by atoms with van der Waals surface area (Å²) >= 11 is 5.34. The highest BCUT2D eigenvalue weighted by molar-refractivity contribution is 9.10. The molecule has 0 fully saturated rings. The maximum atomic E-state index is 3.61. The molecule has 2 rings (SSSR count). The number of thiophene rings is 1. The molecule has 0 radical (unpaired) electrons. The summed E-state index contributed by atoms with van der Waals surface area (Å²) in [6, 6.07) is 9.16. The van der Waals surface area contributed by atoms with E-state index in [1.165, 1.54) is 21.2 Å². The Kier molecular flexibility index (Phi) is 4.60. The molecular weight excluding hydrogens is 306 g/mol. The second kappa shape index (κ2) is 6.00. The monoisotopic (exact) mass is 323 g/mol. The summed E-state index contributed by atoms with van der Waals surface area (Å²) in [6.07, 6.45) is 0. The number of nitrogens with one attached hydrogen (secondary N) is 1. The Morgan fingerprint density at radius 1 is 1.06 bits per heavy atom. The van der Waals surface area contributed by atoms with Crippen molar-refractivity contribution in [3.05, 3.63) is 56.2 Å². The fraction of sp³-hybridized carbons (Fsp3) is 0.333. The number of benzene rings is 1. The van der Waals surface area contributed by atoms with E-state index in [1.54, 1.807) is 11.3 Å². The quantitative estimate of drug-likeness (QED) is 0.840. The molecule has 1 aromatic carbocycles. The van der Waals surface area contributed by atoms with Crippen molar-refractivity contribution in [2.75, 3.05) is 7.05 Å². The van der Waals surface area contributed by atoms with Crippen molar-refractivity contribution in [1.82, 2.24) is 5.32 Å². The molecule has 96 valence electrons. The van der Waals surface area contributed by atoms with Crippen LogP contribution in [-0.4, -0.2) is 7.05 Å². The smallest absolute Gasteiger partial charge is 0.0593 e. The van der Waals surface area contributed by atoms with Crippen LogP contribution in [0, 0.1) is 0 Å². The third-order valence-electron chi connectivity index (χ3n) is 3.18. The molecule has 3 heteroatoms. The molecule has 0 saturated carbocycles. The summed E-state index contributed by atoms with van der Waals surface area (Å²) in [5.74, 6) is 0.583. The predicted octanol–water partition coefficient (Wildman–Crippen LogP) is 4.94. The van der Waals surface area contributed by atoms with Crippen LogP contribution in [0.15, 0.2) is 39.5 Å². The maximum absolute atomic E-state index is 3.61. The van der Waals surface area contributed by atoms with Crippen molar-refractivity contribution in [3.8, 4) is 0 Å². The van der Waals surface area contributed by atoms with Gasteiger partial charge in [-0.05, 0) is 51.0 Å². The van der Waals surface area contributed by atoms with Gasteiger partial charge in [0.2, 0.25) is 0 Å². The van der Waals surface area contributed by atoms with Crippen LogP contribution >= 0.6 is 27.3 Å². The molecule has 0 spiro atoms. The van der Waals surface area contributed by atoms with E-state index in [0.717, 1.165) is 0 Å². The Morgan fingerprint density at radius 2 is 1.67 bits per heavy atom. The zero-order chi connectivity index (χ0) is 13.1. The van der Waals surface area contributed by atoms with Crippen LogP contribution in [0.2, 0.25) is 0 Å². The molecule has 0 amide bonds. The van der Waals surface area contributed by atoms with Gasteiger partial charge in [-0.1, -0.05) is 38.1 Å². The number of rotatable bonds is 4. The van der Waals surface area contributed by atoms with E-state index in [9.17, 15) is 0 Å². The van der Waals surface area contributed by atoms with Crippen LogP contribution in [0.1, 0.15) is 42.5 Å². The molecule has 0 aliphatic heterocycles. The third kappa shape index (κ3) is 2.85. The number of hydrogen-bond acceptors (Lipinski definition) is 2. The van der Waals surface area contributed by atoms with Crippen LogP contribution in [0.25, 0.3) is 0 Å². The van der Waals surface area contributed by atoms with Gasteiger partial charge in [-0.2, -0.15) is 11.3 Å². The standard InChI is InChI=1S/C15H18BrNS/c1-10(2)11-4-6-12(7-5-11)15(17-3)13-8-18-9-14(13)16/h4-10,15,17H,1-3H3. The van der Waals surface area contributed by atoms with E-state index < -0.39 is 0 Å². The average molecular weight is 324 g/mol. The topological polar surface area (TPSA) is 12.0 Å². The van der Waals surface area contributed by atoms with E-state index in [2.05, 4.69) is 70.1 Å². The number of halogens is 1. The molecule has 1 unspecified atom stereocenters. The van der Waals surface area contributed by atoms with Crippen molar-refractivity contribution >= 4 is 27.3 Å². The Labute approximate surface area is 121 Å². The molecule has 1 atom stereocenters. The zero-order valence-corrected chi connectivity index (χ0v) is 13.3. The lowest BCUT2D eigenvalue weighted by atomic mass is 9.97. The first-order valence-corrected chi connectivity index (χ1v) is 7.85. The van der Waals surface area contributed by atoms with E-state index in [0.29, 0.717) is 5.92 Å². The van der Waals surface area contributed by atoms with Gasteiger partial charge in [0.15, 0.2) is 0 Å². The molecule has 1 nitrogen and oxygen atoms in total. The van der Waals surface area contributed by atoms with Gasteiger partial charge in [-0.3, -0.25) is 0 Å². The zero-order valence-electron chi connectivity index (χ0n) is 10.9. The first-order valence-electron chi connectivity index (χ1n) is 6.12. The van der Waals surface area contributed by atoms with E-state index >= 15 is 0 Å². The van der Waals surface area contributed by atoms with E-state index in [4.69, 9.17) is 0 Å². The molecule has 0 aliphatic carbocycles. The summed E-state index contributed by atoms with van der Waals surface area (Å²) in [6.45, 7) is 4.44. The van der Waals surface area contributed by atoms with E-state index in [1.807, 2.05) is 7.05 Å². The molecule has 1 heterocycles. The fourth-order valence-electron chi connectivity index (χ4n) is 2.07. The van der Waals surface area contributed by atoms with Crippen LogP contribution in [0.3, 0.4) is 0 Å². The largest absolute Gasteiger partial charge is 0.309 e. The molecule has 0 aliphatic rings. The lowest BCUT2D eigenvalue weighted by Gasteiger charge is -2.17. The highest BCUT2D eigenvalue weighted by Gasteiger charge is 2.15. The van der Waals surface area contributed by atoms with Gasteiger partial charge in [0.1, 0.15) is 0 Å². The van der Waals surface area contributed by atoms with Gasteiger partial charge in [0.25, 0.3) is 0 Å². The van der Waals surface area contributed by atoms with Gasteiger partial charge in [0.05, 0.1) is 6.04 Å². The lowest BCUT2D eigenvalue weighted by Crippen LogP contribution is -2.17. The van der Waals surface area contributed by atoms with Crippen LogP contribution in [0.5, 0.6) is 0 Å². The molecular formula is C15H18BrNS. The average Bonchev–Trinajstić information content (AvgIpc) is 2.78. The molecule has 1 aromatic heterocycles.